The second-order valence-electron chi connectivity index (χ2n) is 6.63. The van der Waals surface area contributed by atoms with Gasteiger partial charge in [0.2, 0.25) is 10.6 Å². The molecule has 0 aliphatic heterocycles. The van der Waals surface area contributed by atoms with Gasteiger partial charge in [0.1, 0.15) is 30.0 Å². The number of aromatic nitrogens is 2. The fourth-order valence-corrected chi connectivity index (χ4v) is 4.73. The Kier molecular flexibility index (Phi) is 7.17. The lowest BCUT2D eigenvalue weighted by Crippen LogP contribution is -2.30. The van der Waals surface area contributed by atoms with E-state index in [1.54, 1.807) is 35.0 Å². The minimum absolute atomic E-state index is 0.253. The third-order valence-electron chi connectivity index (χ3n) is 4.89. The molecule has 1 unspecified atom stereocenters. The van der Waals surface area contributed by atoms with Crippen LogP contribution in [0.15, 0.2) is 40.2 Å². The summed E-state index contributed by atoms with van der Waals surface area (Å²) in [5.74, 6) is 2.26. The summed E-state index contributed by atoms with van der Waals surface area (Å²) < 4.78 is 23.4. The molecule has 31 heavy (non-hydrogen) atoms. The molecule has 0 saturated heterocycles. The summed E-state index contributed by atoms with van der Waals surface area (Å²) in [4.78, 5) is 17.5. The van der Waals surface area contributed by atoms with Gasteiger partial charge in [-0.1, -0.05) is 6.07 Å². The predicted molar refractivity (Wildman–Crippen MR) is 119 cm³/mol. The molecule has 1 atom stereocenters. The highest BCUT2D eigenvalue weighted by Gasteiger charge is 2.25. The van der Waals surface area contributed by atoms with Gasteiger partial charge >= 0.3 is 5.56 Å². The Morgan fingerprint density at radius 2 is 1.81 bits per heavy atom. The first-order chi connectivity index (χ1) is 15.0. The number of pyridine rings is 2. The molecule has 1 aromatic carbocycles. The van der Waals surface area contributed by atoms with Crippen molar-refractivity contribution in [1.29, 1.82) is 0 Å². The fraction of sp³-hybridized carbons (Fsp3) is 0.364. The van der Waals surface area contributed by atoms with E-state index in [1.165, 1.54) is 21.3 Å². The summed E-state index contributed by atoms with van der Waals surface area (Å²) in [5, 5.41) is 13.5. The van der Waals surface area contributed by atoms with Crippen molar-refractivity contribution in [2.45, 2.75) is 18.4 Å². The van der Waals surface area contributed by atoms with Crippen LogP contribution in [0.25, 0.3) is 11.0 Å². The molecule has 0 amide bonds. The van der Waals surface area contributed by atoms with Crippen molar-refractivity contribution >= 4 is 21.9 Å². The van der Waals surface area contributed by atoms with E-state index in [9.17, 15) is 9.90 Å². The molecule has 0 aliphatic carbocycles. The zero-order valence-electron chi connectivity index (χ0n) is 18.3. The molecule has 8 nitrogen and oxygen atoms in total. The highest BCUT2D eigenvalue weighted by atomic mass is 32.2. The largest absolute Gasteiger partial charge is 0.868 e. The Hall–Kier alpha value is -3.07. The van der Waals surface area contributed by atoms with Gasteiger partial charge in [0.25, 0.3) is 0 Å². The van der Waals surface area contributed by atoms with Gasteiger partial charge < -0.3 is 24.1 Å². The molecule has 0 fully saturated rings. The van der Waals surface area contributed by atoms with Crippen LogP contribution in [0.2, 0.25) is 0 Å². The molecule has 0 saturated carbocycles. The average Bonchev–Trinajstić information content (AvgIpc) is 2.78. The maximum absolute atomic E-state index is 13.0. The van der Waals surface area contributed by atoms with Crippen LogP contribution < -0.4 is 29.6 Å². The van der Waals surface area contributed by atoms with Crippen LogP contribution in [-0.2, 0) is 17.4 Å². The maximum Gasteiger partial charge on any atom is 0.306 e. The molecular formula is C22H26N2O6S. The van der Waals surface area contributed by atoms with Crippen LogP contribution in [0.1, 0.15) is 6.92 Å². The highest BCUT2D eigenvalue weighted by molar-refractivity contribution is 7.96. The highest BCUT2D eigenvalue weighted by Crippen LogP contribution is 2.40. The first-order valence-corrected chi connectivity index (χ1v) is 11.5. The van der Waals surface area contributed by atoms with E-state index in [1.807, 2.05) is 13.2 Å². The van der Waals surface area contributed by atoms with Gasteiger partial charge in [-0.3, -0.25) is 9.36 Å². The Bertz CT molecular complexity index is 1110. The van der Waals surface area contributed by atoms with Crippen LogP contribution in [0.5, 0.6) is 28.7 Å². The van der Waals surface area contributed by atoms with E-state index in [0.29, 0.717) is 52.9 Å². The van der Waals surface area contributed by atoms with Gasteiger partial charge in [0, 0.05) is 41.2 Å². The second-order valence-corrected chi connectivity index (χ2v) is 8.72. The zero-order valence-corrected chi connectivity index (χ0v) is 19.1. The number of hydrogen-bond donors (Lipinski definition) is 0. The molecule has 0 bridgehead atoms. The molecule has 2 aromatic heterocycles. The number of ether oxygens (including phenoxy) is 4. The molecule has 9 heteroatoms. The lowest BCUT2D eigenvalue weighted by atomic mass is 10.2. The van der Waals surface area contributed by atoms with Gasteiger partial charge in [-0.2, -0.15) is 0 Å². The standard InChI is InChI=1S/C22H26N2O6S/c1-6-24-21-15(8-7-9-23-21)18(25)20(22(24)26)31(5)11-10-30-14-12-16(27-2)19(29-4)17(13-14)28-3/h7-9,12-13H,6,10-11H2,1-5H3. The van der Waals surface area contributed by atoms with Crippen molar-refractivity contribution in [2.24, 2.45) is 0 Å². The van der Waals surface area contributed by atoms with Crippen LogP contribution in [0, 0.1) is 0 Å². The average molecular weight is 447 g/mol. The Morgan fingerprint density at radius 1 is 1.13 bits per heavy atom. The Balaban J connectivity index is 1.83. The number of aryl methyl sites for hydroxylation is 1. The van der Waals surface area contributed by atoms with E-state index in [-0.39, 0.29) is 16.2 Å². The molecule has 3 aromatic rings. The molecule has 166 valence electrons. The van der Waals surface area contributed by atoms with Gasteiger partial charge in [-0.15, -0.1) is 0 Å². The summed E-state index contributed by atoms with van der Waals surface area (Å²) in [6.07, 6.45) is 3.48. The SMILES string of the molecule is CCn1c(=O)c([S+](C)CCOc2cc(OC)c(OC)c(OC)c2)c([O-])c2cccnc21. The number of hydrogen-bond acceptors (Lipinski definition) is 7. The Labute approximate surface area is 183 Å². The normalized spacial score (nSPS) is 11.9. The van der Waals surface area contributed by atoms with Crippen molar-refractivity contribution in [3.63, 3.8) is 0 Å². The second kappa shape index (κ2) is 9.82. The third-order valence-corrected chi connectivity index (χ3v) is 6.73. The summed E-state index contributed by atoms with van der Waals surface area (Å²) in [5.41, 5.74) is 0.145. The van der Waals surface area contributed by atoms with Crippen LogP contribution in [-0.4, -0.2) is 49.5 Å². The first kappa shape index (κ1) is 22.6. The number of benzene rings is 1. The van der Waals surface area contributed by atoms with Crippen molar-refractivity contribution in [3.05, 3.63) is 40.8 Å². The summed E-state index contributed by atoms with van der Waals surface area (Å²) in [6, 6.07) is 6.84. The van der Waals surface area contributed by atoms with Gasteiger partial charge in [0.05, 0.1) is 21.3 Å². The molecular weight excluding hydrogens is 420 g/mol. The van der Waals surface area contributed by atoms with Crippen molar-refractivity contribution in [3.8, 4) is 28.7 Å². The quantitative estimate of drug-likeness (QED) is 0.465. The zero-order chi connectivity index (χ0) is 22.5. The lowest BCUT2D eigenvalue weighted by Gasteiger charge is -2.18. The topological polar surface area (TPSA) is 94.9 Å². The molecule has 0 aliphatic rings. The van der Waals surface area contributed by atoms with E-state index < -0.39 is 10.9 Å². The molecule has 3 rings (SSSR count). The van der Waals surface area contributed by atoms with Crippen molar-refractivity contribution < 1.29 is 24.1 Å². The molecule has 0 spiro atoms. The molecule has 0 radical (unpaired) electrons. The van der Waals surface area contributed by atoms with Crippen molar-refractivity contribution in [2.75, 3.05) is 39.9 Å². The first-order valence-electron chi connectivity index (χ1n) is 9.70. The summed E-state index contributed by atoms with van der Waals surface area (Å²) in [6.45, 7) is 2.62. The van der Waals surface area contributed by atoms with E-state index >= 15 is 0 Å². The Morgan fingerprint density at radius 3 is 2.39 bits per heavy atom. The number of fused-ring (bicyclic) bond motifs is 1. The summed E-state index contributed by atoms with van der Waals surface area (Å²) in [7, 11) is 4.00. The third kappa shape index (κ3) is 4.36. The van der Waals surface area contributed by atoms with Gasteiger partial charge in [-0.25, -0.2) is 4.98 Å². The van der Waals surface area contributed by atoms with Crippen LogP contribution >= 0.6 is 0 Å². The number of nitrogens with zero attached hydrogens (tertiary/aromatic N) is 2. The monoisotopic (exact) mass is 446 g/mol. The molecule has 0 N–H and O–H groups in total. The van der Waals surface area contributed by atoms with E-state index in [0.717, 1.165) is 0 Å². The van der Waals surface area contributed by atoms with E-state index in [4.69, 9.17) is 18.9 Å². The predicted octanol–water partition coefficient (Wildman–Crippen LogP) is 2.20. The number of methoxy groups -OCH3 is 3. The fourth-order valence-electron chi connectivity index (χ4n) is 3.36. The van der Waals surface area contributed by atoms with Gasteiger partial charge in [0.15, 0.2) is 11.5 Å². The maximum atomic E-state index is 13.0. The smallest absolute Gasteiger partial charge is 0.306 e. The van der Waals surface area contributed by atoms with Crippen LogP contribution in [0.4, 0.5) is 0 Å². The van der Waals surface area contributed by atoms with E-state index in [2.05, 4.69) is 4.98 Å². The van der Waals surface area contributed by atoms with Gasteiger partial charge in [-0.05, 0) is 18.7 Å². The van der Waals surface area contributed by atoms with Crippen LogP contribution in [0.3, 0.4) is 0 Å². The molecule has 2 heterocycles. The van der Waals surface area contributed by atoms with Crippen molar-refractivity contribution in [1.82, 2.24) is 9.55 Å². The summed E-state index contributed by atoms with van der Waals surface area (Å²) >= 11 is 0. The minimum Gasteiger partial charge on any atom is -0.868 e. The minimum atomic E-state index is -0.604. The lowest BCUT2D eigenvalue weighted by molar-refractivity contribution is -0.270. The number of rotatable bonds is 9.